The van der Waals surface area contributed by atoms with Crippen LogP contribution in [0.1, 0.15) is 55.9 Å². The molecule has 0 atom stereocenters. The van der Waals surface area contributed by atoms with Crippen LogP contribution in [0.4, 0.5) is 4.39 Å². The zero-order chi connectivity index (χ0) is 23.4. The highest BCUT2D eigenvalue weighted by atomic mass is 19.1. The zero-order valence-electron chi connectivity index (χ0n) is 19.6. The molecule has 0 unspecified atom stereocenters. The summed E-state index contributed by atoms with van der Waals surface area (Å²) in [5, 5.41) is 0. The van der Waals surface area contributed by atoms with Crippen LogP contribution in [0.2, 0.25) is 0 Å². The molecule has 0 radical (unpaired) electrons. The molecule has 1 fully saturated rings. The number of hydrogen-bond acceptors (Lipinski definition) is 3. The predicted octanol–water partition coefficient (Wildman–Crippen LogP) is 6.67. The van der Waals surface area contributed by atoms with E-state index in [1.54, 1.807) is 6.07 Å². The van der Waals surface area contributed by atoms with Gasteiger partial charge in [0.1, 0.15) is 11.6 Å². The largest absolute Gasteiger partial charge is 0.454 e. The Hall–Kier alpha value is -3.14. The fraction of sp³-hybridized carbons (Fsp3) is 0.345. The lowest BCUT2D eigenvalue weighted by Crippen LogP contribution is -2.23. The maximum Gasteiger partial charge on any atom is 0.231 e. The SMILES string of the molecule is Cc1cc(F)c(CC(=O)C2(c3ccc4c(c3)OCO4)CC2)cc1-c1ccc(C(C)(C)C)cc1. The maximum atomic E-state index is 14.9. The topological polar surface area (TPSA) is 35.5 Å². The molecule has 0 spiro atoms. The molecule has 0 bridgehead atoms. The highest BCUT2D eigenvalue weighted by molar-refractivity contribution is 5.95. The molecule has 3 aromatic rings. The average Bonchev–Trinajstić information content (AvgIpc) is 3.46. The minimum absolute atomic E-state index is 0.0538. The van der Waals surface area contributed by atoms with Gasteiger partial charge in [-0.1, -0.05) is 51.1 Å². The number of benzene rings is 3. The maximum absolute atomic E-state index is 14.9. The summed E-state index contributed by atoms with van der Waals surface area (Å²) in [6.07, 6.45) is 1.63. The first-order valence-electron chi connectivity index (χ1n) is 11.5. The van der Waals surface area contributed by atoms with Crippen molar-refractivity contribution >= 4 is 5.78 Å². The number of halogens is 1. The van der Waals surface area contributed by atoms with Crippen LogP contribution >= 0.6 is 0 Å². The molecule has 3 aromatic carbocycles. The lowest BCUT2D eigenvalue weighted by Gasteiger charge is -2.20. The number of fused-ring (bicyclic) bond motifs is 1. The second kappa shape index (κ2) is 7.72. The first-order chi connectivity index (χ1) is 15.7. The van der Waals surface area contributed by atoms with E-state index in [-0.39, 0.29) is 30.2 Å². The summed E-state index contributed by atoms with van der Waals surface area (Å²) in [7, 11) is 0. The minimum Gasteiger partial charge on any atom is -0.454 e. The summed E-state index contributed by atoms with van der Waals surface area (Å²) in [6, 6.07) is 17.5. The summed E-state index contributed by atoms with van der Waals surface area (Å²) < 4.78 is 25.8. The first-order valence-corrected chi connectivity index (χ1v) is 11.5. The Morgan fingerprint density at radius 3 is 2.33 bits per heavy atom. The Morgan fingerprint density at radius 2 is 1.67 bits per heavy atom. The first kappa shape index (κ1) is 21.7. The van der Waals surface area contributed by atoms with E-state index in [0.717, 1.165) is 35.1 Å². The molecule has 2 aliphatic rings. The highest BCUT2D eigenvalue weighted by Gasteiger charge is 2.51. The Labute approximate surface area is 194 Å². The van der Waals surface area contributed by atoms with Gasteiger partial charge in [0.25, 0.3) is 0 Å². The Kier molecular flexibility index (Phi) is 5.08. The second-order valence-corrected chi connectivity index (χ2v) is 10.3. The van der Waals surface area contributed by atoms with Gasteiger partial charge >= 0.3 is 0 Å². The molecular formula is C29H29FO3. The Bertz CT molecular complexity index is 1230. The summed E-state index contributed by atoms with van der Waals surface area (Å²) in [5.74, 6) is 1.11. The van der Waals surface area contributed by atoms with E-state index >= 15 is 0 Å². The van der Waals surface area contributed by atoms with Gasteiger partial charge < -0.3 is 9.47 Å². The van der Waals surface area contributed by atoms with Crippen molar-refractivity contribution in [3.8, 4) is 22.6 Å². The Morgan fingerprint density at radius 1 is 0.970 bits per heavy atom. The average molecular weight is 445 g/mol. The van der Waals surface area contributed by atoms with Crippen molar-refractivity contribution in [3.63, 3.8) is 0 Å². The fourth-order valence-electron chi connectivity index (χ4n) is 4.70. The van der Waals surface area contributed by atoms with Crippen molar-refractivity contribution < 1.29 is 18.7 Å². The van der Waals surface area contributed by atoms with Crippen molar-refractivity contribution in [2.24, 2.45) is 0 Å². The third kappa shape index (κ3) is 3.92. The molecule has 0 amide bonds. The predicted molar refractivity (Wildman–Crippen MR) is 127 cm³/mol. The van der Waals surface area contributed by atoms with Crippen molar-refractivity contribution in [1.29, 1.82) is 0 Å². The molecule has 3 nitrogen and oxygen atoms in total. The van der Waals surface area contributed by atoms with Crippen LogP contribution in [0, 0.1) is 12.7 Å². The van der Waals surface area contributed by atoms with Gasteiger partial charge in [-0.15, -0.1) is 0 Å². The molecule has 1 heterocycles. The van der Waals surface area contributed by atoms with E-state index in [1.807, 2.05) is 31.2 Å². The summed E-state index contributed by atoms with van der Waals surface area (Å²) in [6.45, 7) is 8.67. The second-order valence-electron chi connectivity index (χ2n) is 10.3. The molecular weight excluding hydrogens is 415 g/mol. The van der Waals surface area contributed by atoms with Crippen molar-refractivity contribution in [2.45, 2.75) is 57.8 Å². The van der Waals surface area contributed by atoms with Crippen LogP contribution in [-0.2, 0) is 22.0 Å². The standard InChI is InChI=1S/C29H29FO3/c1-18-13-24(30)20(14-23(18)19-5-7-21(8-6-19)28(2,3)4)15-27(31)29(11-12-29)22-9-10-25-26(16-22)33-17-32-25/h5-10,13-14,16H,11-12,15,17H2,1-4H3. The van der Waals surface area contributed by atoms with Gasteiger partial charge in [-0.25, -0.2) is 4.39 Å². The molecule has 170 valence electrons. The van der Waals surface area contributed by atoms with Crippen molar-refractivity contribution in [3.05, 3.63) is 82.7 Å². The van der Waals surface area contributed by atoms with Crippen LogP contribution in [0.3, 0.4) is 0 Å². The van der Waals surface area contributed by atoms with E-state index in [2.05, 4.69) is 45.0 Å². The van der Waals surface area contributed by atoms with Crippen molar-refractivity contribution in [2.75, 3.05) is 6.79 Å². The van der Waals surface area contributed by atoms with Gasteiger partial charge in [-0.05, 0) is 82.8 Å². The van der Waals surface area contributed by atoms with Crippen LogP contribution in [-0.4, -0.2) is 12.6 Å². The van der Waals surface area contributed by atoms with Gasteiger partial charge in [-0.2, -0.15) is 0 Å². The number of ketones is 1. The molecule has 0 saturated heterocycles. The lowest BCUT2D eigenvalue weighted by molar-refractivity contribution is -0.120. The molecule has 1 aliphatic heterocycles. The van der Waals surface area contributed by atoms with Gasteiger partial charge in [0.2, 0.25) is 6.79 Å². The molecule has 33 heavy (non-hydrogen) atoms. The smallest absolute Gasteiger partial charge is 0.231 e. The number of carbonyl (C=O) groups excluding carboxylic acids is 1. The molecule has 4 heteroatoms. The summed E-state index contributed by atoms with van der Waals surface area (Å²) in [4.78, 5) is 13.4. The number of ether oxygens (including phenoxy) is 2. The highest BCUT2D eigenvalue weighted by Crippen LogP contribution is 2.51. The number of carbonyl (C=O) groups is 1. The minimum atomic E-state index is -0.549. The van der Waals surface area contributed by atoms with Crippen molar-refractivity contribution in [1.82, 2.24) is 0 Å². The van der Waals surface area contributed by atoms with Gasteiger partial charge in [0, 0.05) is 6.42 Å². The summed E-state index contributed by atoms with van der Waals surface area (Å²) in [5.41, 5.74) is 5.02. The molecule has 0 aromatic heterocycles. The molecule has 5 rings (SSSR count). The zero-order valence-corrected chi connectivity index (χ0v) is 19.6. The lowest BCUT2D eigenvalue weighted by atomic mass is 9.85. The third-order valence-corrected chi connectivity index (χ3v) is 7.02. The van der Waals surface area contributed by atoms with E-state index in [9.17, 15) is 9.18 Å². The van der Waals surface area contributed by atoms with Crippen LogP contribution < -0.4 is 9.47 Å². The Balaban J connectivity index is 1.42. The monoisotopic (exact) mass is 444 g/mol. The number of Topliss-reactive ketones (excluding diaryl/α,β-unsaturated/α-hetero) is 1. The number of hydrogen-bond donors (Lipinski definition) is 0. The molecule has 1 aliphatic carbocycles. The van der Waals surface area contributed by atoms with E-state index in [0.29, 0.717) is 17.1 Å². The quantitative estimate of drug-likeness (QED) is 0.441. The van der Waals surface area contributed by atoms with Gasteiger partial charge in [-0.3, -0.25) is 4.79 Å². The van der Waals surface area contributed by atoms with Crippen LogP contribution in [0.15, 0.2) is 54.6 Å². The van der Waals surface area contributed by atoms with Gasteiger partial charge in [0.15, 0.2) is 11.5 Å². The van der Waals surface area contributed by atoms with E-state index < -0.39 is 5.41 Å². The molecule has 0 N–H and O–H groups in total. The van der Waals surface area contributed by atoms with Crippen LogP contribution in [0.25, 0.3) is 11.1 Å². The number of rotatable bonds is 5. The van der Waals surface area contributed by atoms with E-state index in [4.69, 9.17) is 9.47 Å². The third-order valence-electron chi connectivity index (χ3n) is 7.02. The van der Waals surface area contributed by atoms with Gasteiger partial charge in [0.05, 0.1) is 5.41 Å². The fourth-order valence-corrected chi connectivity index (χ4v) is 4.70. The van der Waals surface area contributed by atoms with E-state index in [1.165, 1.54) is 5.56 Å². The number of aryl methyl sites for hydroxylation is 1. The molecule has 1 saturated carbocycles. The normalized spacial score (nSPS) is 16.0. The summed E-state index contributed by atoms with van der Waals surface area (Å²) >= 11 is 0. The van der Waals surface area contributed by atoms with Crippen LogP contribution in [0.5, 0.6) is 11.5 Å².